The van der Waals surface area contributed by atoms with Gasteiger partial charge in [-0.3, -0.25) is 4.79 Å². The number of hydrogen-bond acceptors (Lipinski definition) is 1. The molecule has 0 saturated heterocycles. The first kappa shape index (κ1) is 16.3. The van der Waals surface area contributed by atoms with Crippen molar-refractivity contribution in [1.82, 2.24) is 0 Å². The first-order valence-corrected chi connectivity index (χ1v) is 7.40. The summed E-state index contributed by atoms with van der Waals surface area (Å²) in [5, 5.41) is 4.05. The molecule has 0 bridgehead atoms. The van der Waals surface area contributed by atoms with E-state index in [4.69, 9.17) is 11.6 Å². The molecule has 3 aromatic carbocycles. The minimum absolute atomic E-state index is 0.256. The highest BCUT2D eigenvalue weighted by molar-refractivity contribution is 6.36. The van der Waals surface area contributed by atoms with E-state index < -0.39 is 17.6 Å². The second-order valence-corrected chi connectivity index (χ2v) is 5.55. The lowest BCUT2D eigenvalue weighted by molar-refractivity contribution is -0.136. The first-order valence-electron chi connectivity index (χ1n) is 7.03. The molecule has 0 fully saturated rings. The number of fused-ring (bicyclic) bond motifs is 1. The Morgan fingerprint density at radius 3 is 2.29 bits per heavy atom. The highest BCUT2D eigenvalue weighted by Gasteiger charge is 2.33. The number of halogens is 4. The number of hydrogen-bond donors (Lipinski definition) is 1. The van der Waals surface area contributed by atoms with Crippen molar-refractivity contribution < 1.29 is 18.0 Å². The maximum atomic E-state index is 13.0. The van der Waals surface area contributed by atoms with Crippen LogP contribution in [0.1, 0.15) is 15.9 Å². The third-order valence-electron chi connectivity index (χ3n) is 3.59. The Hall–Kier alpha value is -2.53. The second-order valence-electron chi connectivity index (χ2n) is 5.14. The normalized spacial score (nSPS) is 11.5. The molecule has 2 nitrogen and oxygen atoms in total. The molecule has 0 radical (unpaired) electrons. The molecule has 0 aliphatic heterocycles. The maximum absolute atomic E-state index is 13.0. The number of para-hydroxylation sites is 1. The summed E-state index contributed by atoms with van der Waals surface area (Å²) in [7, 11) is 0. The molecule has 24 heavy (non-hydrogen) atoms. The predicted molar refractivity (Wildman–Crippen MR) is 88.4 cm³/mol. The van der Waals surface area contributed by atoms with E-state index in [0.29, 0.717) is 15.8 Å². The zero-order chi connectivity index (χ0) is 17.3. The van der Waals surface area contributed by atoms with Crippen LogP contribution in [0.5, 0.6) is 0 Å². The Kier molecular flexibility index (Phi) is 4.20. The van der Waals surface area contributed by atoms with Crippen molar-refractivity contribution in [2.45, 2.75) is 6.18 Å². The summed E-state index contributed by atoms with van der Waals surface area (Å²) in [5.41, 5.74) is -0.919. The Morgan fingerprint density at radius 2 is 1.54 bits per heavy atom. The lowest BCUT2D eigenvalue weighted by atomic mass is 10.0. The molecule has 0 aliphatic rings. The summed E-state index contributed by atoms with van der Waals surface area (Å²) < 4.78 is 39.1. The van der Waals surface area contributed by atoms with Crippen molar-refractivity contribution in [3.63, 3.8) is 0 Å². The molecular weight excluding hydrogens is 339 g/mol. The smallest absolute Gasteiger partial charge is 0.321 e. The van der Waals surface area contributed by atoms with Crippen LogP contribution in [0.2, 0.25) is 5.02 Å². The average Bonchev–Trinajstić information content (AvgIpc) is 2.54. The Morgan fingerprint density at radius 1 is 0.875 bits per heavy atom. The van der Waals surface area contributed by atoms with E-state index in [0.717, 1.165) is 6.07 Å². The van der Waals surface area contributed by atoms with Gasteiger partial charge in [-0.2, -0.15) is 13.2 Å². The van der Waals surface area contributed by atoms with Gasteiger partial charge in [0.05, 0.1) is 11.3 Å². The molecule has 0 spiro atoms. The predicted octanol–water partition coefficient (Wildman–Crippen LogP) is 5.76. The number of anilines is 1. The molecule has 1 N–H and O–H groups in total. The van der Waals surface area contributed by atoms with Crippen LogP contribution in [0, 0.1) is 0 Å². The van der Waals surface area contributed by atoms with Crippen LogP contribution in [-0.2, 0) is 6.18 Å². The summed E-state index contributed by atoms with van der Waals surface area (Å²) >= 11 is 6.10. The van der Waals surface area contributed by atoms with Crippen molar-refractivity contribution in [1.29, 1.82) is 0 Å². The summed E-state index contributed by atoms with van der Waals surface area (Å²) in [6.45, 7) is 0. The van der Waals surface area contributed by atoms with E-state index in [9.17, 15) is 18.0 Å². The molecule has 0 aliphatic carbocycles. The monoisotopic (exact) mass is 349 g/mol. The highest BCUT2D eigenvalue weighted by Crippen LogP contribution is 2.35. The van der Waals surface area contributed by atoms with Crippen LogP contribution < -0.4 is 5.32 Å². The molecule has 0 atom stereocenters. The van der Waals surface area contributed by atoms with E-state index in [2.05, 4.69) is 5.32 Å². The topological polar surface area (TPSA) is 29.1 Å². The van der Waals surface area contributed by atoms with Gasteiger partial charge in [-0.05, 0) is 29.7 Å². The van der Waals surface area contributed by atoms with Crippen LogP contribution >= 0.6 is 11.6 Å². The highest BCUT2D eigenvalue weighted by atomic mass is 35.5. The maximum Gasteiger partial charge on any atom is 0.418 e. The van der Waals surface area contributed by atoms with Gasteiger partial charge in [0, 0.05) is 16.0 Å². The molecule has 0 saturated carbocycles. The number of rotatable bonds is 2. The summed E-state index contributed by atoms with van der Waals surface area (Å²) in [6.07, 6.45) is -4.55. The van der Waals surface area contributed by atoms with Crippen LogP contribution in [0.25, 0.3) is 10.8 Å². The molecule has 0 heterocycles. The van der Waals surface area contributed by atoms with Gasteiger partial charge in [0.1, 0.15) is 0 Å². The van der Waals surface area contributed by atoms with Crippen molar-refractivity contribution in [2.75, 3.05) is 5.32 Å². The minimum Gasteiger partial charge on any atom is -0.321 e. The van der Waals surface area contributed by atoms with Crippen LogP contribution in [0.15, 0.2) is 60.7 Å². The van der Waals surface area contributed by atoms with E-state index in [1.54, 1.807) is 36.4 Å². The molecule has 122 valence electrons. The number of amides is 1. The molecular formula is C18H11ClF3NO. The SMILES string of the molecule is O=C(Nc1ccccc1C(F)(F)F)c1cccc2c(Cl)cccc12. The number of benzene rings is 3. The van der Waals surface area contributed by atoms with Gasteiger partial charge in [-0.15, -0.1) is 0 Å². The van der Waals surface area contributed by atoms with Gasteiger partial charge in [-0.25, -0.2) is 0 Å². The number of carbonyl (C=O) groups is 1. The largest absolute Gasteiger partial charge is 0.418 e. The van der Waals surface area contributed by atoms with Crippen LogP contribution in [0.4, 0.5) is 18.9 Å². The van der Waals surface area contributed by atoms with E-state index in [1.165, 1.54) is 18.2 Å². The number of nitrogens with one attached hydrogen (secondary N) is 1. The summed E-state index contributed by atoms with van der Waals surface area (Å²) in [4.78, 5) is 12.5. The third-order valence-corrected chi connectivity index (χ3v) is 3.92. The standard InChI is InChI=1S/C18H11ClF3NO/c19-15-9-4-5-11-12(15)6-3-7-13(11)17(24)23-16-10-2-1-8-14(16)18(20,21)22/h1-10H,(H,23,24). The molecule has 3 aromatic rings. The quantitative estimate of drug-likeness (QED) is 0.625. The second kappa shape index (κ2) is 6.17. The Labute approximate surface area is 140 Å². The fourth-order valence-corrected chi connectivity index (χ4v) is 2.74. The van der Waals surface area contributed by atoms with Gasteiger partial charge >= 0.3 is 6.18 Å². The molecule has 3 rings (SSSR count). The number of alkyl halides is 3. The van der Waals surface area contributed by atoms with Crippen molar-refractivity contribution in [3.8, 4) is 0 Å². The van der Waals surface area contributed by atoms with E-state index in [1.807, 2.05) is 0 Å². The fourth-order valence-electron chi connectivity index (χ4n) is 2.50. The van der Waals surface area contributed by atoms with E-state index in [-0.39, 0.29) is 11.3 Å². The van der Waals surface area contributed by atoms with Crippen molar-refractivity contribution in [3.05, 3.63) is 76.8 Å². The molecule has 6 heteroatoms. The van der Waals surface area contributed by atoms with Gasteiger partial charge in [0.2, 0.25) is 0 Å². The Bertz CT molecular complexity index is 922. The Balaban J connectivity index is 2.02. The minimum atomic E-state index is -4.55. The summed E-state index contributed by atoms with van der Waals surface area (Å²) in [5.74, 6) is -0.625. The zero-order valence-corrected chi connectivity index (χ0v) is 12.9. The van der Waals surface area contributed by atoms with Gasteiger partial charge < -0.3 is 5.32 Å². The van der Waals surface area contributed by atoms with Gasteiger partial charge in [0.25, 0.3) is 5.91 Å². The fraction of sp³-hybridized carbons (Fsp3) is 0.0556. The van der Waals surface area contributed by atoms with Crippen molar-refractivity contribution >= 4 is 34.0 Å². The van der Waals surface area contributed by atoms with Crippen LogP contribution in [-0.4, -0.2) is 5.91 Å². The van der Waals surface area contributed by atoms with E-state index >= 15 is 0 Å². The summed E-state index contributed by atoms with van der Waals surface area (Å²) in [6, 6.07) is 14.9. The molecule has 0 unspecified atom stereocenters. The number of carbonyl (C=O) groups excluding carboxylic acids is 1. The zero-order valence-electron chi connectivity index (χ0n) is 12.2. The molecule has 1 amide bonds. The van der Waals surface area contributed by atoms with Gasteiger partial charge in [0.15, 0.2) is 0 Å². The third kappa shape index (κ3) is 3.08. The molecule has 0 aromatic heterocycles. The first-order chi connectivity index (χ1) is 11.4. The lowest BCUT2D eigenvalue weighted by Gasteiger charge is -2.14. The average molecular weight is 350 g/mol. The lowest BCUT2D eigenvalue weighted by Crippen LogP contribution is -2.16. The van der Waals surface area contributed by atoms with Gasteiger partial charge in [-0.1, -0.05) is 48.0 Å². The van der Waals surface area contributed by atoms with Crippen molar-refractivity contribution in [2.24, 2.45) is 0 Å². The van der Waals surface area contributed by atoms with Crippen LogP contribution in [0.3, 0.4) is 0 Å².